The number of rotatable bonds is 11. The van der Waals surface area contributed by atoms with Crippen molar-refractivity contribution < 1.29 is 24.1 Å². The third kappa shape index (κ3) is 7.01. The molecule has 0 bridgehead atoms. The van der Waals surface area contributed by atoms with Gasteiger partial charge < -0.3 is 29.5 Å². The van der Waals surface area contributed by atoms with Gasteiger partial charge in [0.25, 0.3) is 0 Å². The lowest BCUT2D eigenvalue weighted by molar-refractivity contribution is 0.204. The van der Waals surface area contributed by atoms with Crippen molar-refractivity contribution in [3.8, 4) is 17.2 Å². The molecule has 2 aromatic carbocycles. The lowest BCUT2D eigenvalue weighted by atomic mass is 10.1. The Morgan fingerprint density at radius 1 is 1.05 bits per heavy atom. The van der Waals surface area contributed by atoms with Crippen LogP contribution in [-0.2, 0) is 0 Å². The topological polar surface area (TPSA) is 109 Å². The zero-order valence-corrected chi connectivity index (χ0v) is 21.2. The predicted molar refractivity (Wildman–Crippen MR) is 142 cm³/mol. The second kappa shape index (κ2) is 12.8. The molecule has 0 spiro atoms. The first-order chi connectivity index (χ1) is 18.1. The summed E-state index contributed by atoms with van der Waals surface area (Å²) in [5.41, 5.74) is 1.01. The van der Waals surface area contributed by atoms with Crippen molar-refractivity contribution in [2.75, 3.05) is 50.7 Å². The summed E-state index contributed by atoms with van der Waals surface area (Å²) in [5, 5.41) is 13.1. The van der Waals surface area contributed by atoms with E-state index in [0.717, 1.165) is 29.3 Å². The number of carbonyl (C=O) groups is 1. The van der Waals surface area contributed by atoms with Gasteiger partial charge in [-0.15, -0.1) is 0 Å². The van der Waals surface area contributed by atoms with Gasteiger partial charge in [-0.2, -0.15) is 4.98 Å². The number of piperidine rings is 1. The monoisotopic (exact) mass is 507 g/mol. The van der Waals surface area contributed by atoms with Gasteiger partial charge in [0.05, 0.1) is 26.5 Å². The maximum atomic E-state index is 12.2. The smallest absolute Gasteiger partial charge is 0.417 e. The third-order valence-electron chi connectivity index (χ3n) is 6.11. The van der Waals surface area contributed by atoms with E-state index in [9.17, 15) is 9.90 Å². The fourth-order valence-corrected chi connectivity index (χ4v) is 4.28. The van der Waals surface area contributed by atoms with Gasteiger partial charge in [-0.25, -0.2) is 14.7 Å². The molecule has 1 aliphatic heterocycles. The molecule has 4 rings (SSSR count). The van der Waals surface area contributed by atoms with E-state index in [1.54, 1.807) is 18.2 Å². The minimum Gasteiger partial charge on any atom is -0.497 e. The number of methoxy groups -OCH3 is 2. The number of hydrogen-bond acceptors (Lipinski definition) is 8. The summed E-state index contributed by atoms with van der Waals surface area (Å²) >= 11 is 0. The number of hydrogen-bond donors (Lipinski definition) is 2. The van der Waals surface area contributed by atoms with E-state index >= 15 is 0 Å². The van der Waals surface area contributed by atoms with Crippen LogP contribution in [0.1, 0.15) is 25.7 Å². The Morgan fingerprint density at radius 2 is 1.89 bits per heavy atom. The molecule has 196 valence electrons. The molecule has 0 atom stereocenters. The number of nitrogens with one attached hydrogen (secondary N) is 1. The average Bonchev–Trinajstić information content (AvgIpc) is 2.92. The molecule has 0 aliphatic carbocycles. The van der Waals surface area contributed by atoms with Gasteiger partial charge in [-0.1, -0.05) is 12.5 Å². The minimum absolute atomic E-state index is 0.154. The fourth-order valence-electron chi connectivity index (χ4n) is 4.28. The van der Waals surface area contributed by atoms with E-state index in [1.165, 1.54) is 58.8 Å². The number of anilines is 4. The van der Waals surface area contributed by atoms with Crippen LogP contribution >= 0.6 is 0 Å². The summed E-state index contributed by atoms with van der Waals surface area (Å²) in [7, 11) is 2.98. The molecule has 0 unspecified atom stereocenters. The van der Waals surface area contributed by atoms with Crippen molar-refractivity contribution in [1.82, 2.24) is 14.9 Å². The normalized spacial score (nSPS) is 13.6. The Labute approximate surface area is 216 Å². The molecule has 0 radical (unpaired) electrons. The van der Waals surface area contributed by atoms with E-state index in [0.29, 0.717) is 18.1 Å². The molecule has 1 fully saturated rings. The first-order valence-electron chi connectivity index (χ1n) is 12.4. The van der Waals surface area contributed by atoms with Crippen LogP contribution < -0.4 is 24.4 Å². The number of amides is 1. The summed E-state index contributed by atoms with van der Waals surface area (Å²) in [6.45, 7) is 4.06. The van der Waals surface area contributed by atoms with Crippen LogP contribution in [0.2, 0.25) is 0 Å². The van der Waals surface area contributed by atoms with E-state index in [-0.39, 0.29) is 17.5 Å². The van der Waals surface area contributed by atoms with Crippen LogP contribution in [0.5, 0.6) is 17.2 Å². The minimum atomic E-state index is -1.23. The molecule has 1 aromatic heterocycles. The fraction of sp³-hybridized carbons (Fsp3) is 0.370. The number of carboxylic acid groups (broad SMARTS) is 1. The van der Waals surface area contributed by atoms with Crippen LogP contribution in [0.15, 0.2) is 54.7 Å². The highest BCUT2D eigenvalue weighted by Gasteiger charge is 2.23. The maximum absolute atomic E-state index is 12.2. The van der Waals surface area contributed by atoms with E-state index in [2.05, 4.69) is 20.2 Å². The molecule has 10 nitrogen and oxygen atoms in total. The van der Waals surface area contributed by atoms with Gasteiger partial charge in [0, 0.05) is 36.6 Å². The molecule has 37 heavy (non-hydrogen) atoms. The summed E-state index contributed by atoms with van der Waals surface area (Å²) in [4.78, 5) is 24.5. The zero-order valence-electron chi connectivity index (χ0n) is 21.2. The first kappa shape index (κ1) is 26.0. The highest BCUT2D eigenvalue weighted by atomic mass is 16.5. The molecule has 1 aliphatic rings. The van der Waals surface area contributed by atoms with Crippen LogP contribution in [0.3, 0.4) is 0 Å². The Hall–Kier alpha value is -4.05. The van der Waals surface area contributed by atoms with Crippen molar-refractivity contribution >= 4 is 29.2 Å². The van der Waals surface area contributed by atoms with Crippen molar-refractivity contribution in [1.29, 1.82) is 0 Å². The summed E-state index contributed by atoms with van der Waals surface area (Å²) < 4.78 is 16.6. The van der Waals surface area contributed by atoms with Gasteiger partial charge in [-0.05, 0) is 56.6 Å². The third-order valence-corrected chi connectivity index (χ3v) is 6.11. The van der Waals surface area contributed by atoms with Gasteiger partial charge in [0.15, 0.2) is 0 Å². The standard InChI is InChI=1S/C27H33N5O5/c1-35-21-10-11-24(36-2)23(19-21)32(27(33)34)25-12-13-28-26(30-25)29-20-8-6-9-22(18-20)37-17-7-16-31-14-4-3-5-15-31/h6,8-13,18-19H,3-5,7,14-17H2,1-2H3,(H,33,34)(H,28,29,30). The molecule has 1 amide bonds. The lowest BCUT2D eigenvalue weighted by Gasteiger charge is -2.26. The molecule has 2 N–H and O–H groups in total. The predicted octanol–water partition coefficient (Wildman–Crippen LogP) is 5.31. The molecule has 3 aromatic rings. The number of benzene rings is 2. The largest absolute Gasteiger partial charge is 0.497 e. The van der Waals surface area contributed by atoms with Crippen LogP contribution in [0.4, 0.5) is 27.9 Å². The second-order valence-corrected chi connectivity index (χ2v) is 8.65. The van der Waals surface area contributed by atoms with Gasteiger partial charge in [-0.3, -0.25) is 0 Å². The van der Waals surface area contributed by atoms with Gasteiger partial charge in [0.1, 0.15) is 23.1 Å². The number of aromatic nitrogens is 2. The van der Waals surface area contributed by atoms with Crippen molar-refractivity contribution in [2.24, 2.45) is 0 Å². The van der Waals surface area contributed by atoms with Crippen molar-refractivity contribution in [3.05, 3.63) is 54.7 Å². The average molecular weight is 508 g/mol. The first-order valence-corrected chi connectivity index (χ1v) is 12.4. The molecular formula is C27H33N5O5. The van der Waals surface area contributed by atoms with E-state index < -0.39 is 6.09 Å². The van der Waals surface area contributed by atoms with Crippen LogP contribution in [0.25, 0.3) is 0 Å². The quantitative estimate of drug-likeness (QED) is 0.334. The molecule has 2 heterocycles. The van der Waals surface area contributed by atoms with Crippen LogP contribution in [-0.4, -0.2) is 66.5 Å². The summed E-state index contributed by atoms with van der Waals surface area (Å²) in [6, 6.07) is 14.0. The lowest BCUT2D eigenvalue weighted by Crippen LogP contribution is -2.31. The molecule has 0 saturated carbocycles. The number of ether oxygens (including phenoxy) is 3. The van der Waals surface area contributed by atoms with Crippen molar-refractivity contribution in [3.63, 3.8) is 0 Å². The summed E-state index contributed by atoms with van der Waals surface area (Å²) in [5.74, 6) is 1.99. The number of likely N-dealkylation sites (tertiary alicyclic amines) is 1. The van der Waals surface area contributed by atoms with Crippen LogP contribution in [0, 0.1) is 0 Å². The molecule has 1 saturated heterocycles. The Bertz CT molecular complexity index is 1190. The highest BCUT2D eigenvalue weighted by Crippen LogP contribution is 2.36. The van der Waals surface area contributed by atoms with Gasteiger partial charge in [0.2, 0.25) is 5.95 Å². The van der Waals surface area contributed by atoms with E-state index in [1.807, 2.05) is 24.3 Å². The maximum Gasteiger partial charge on any atom is 0.417 e. The van der Waals surface area contributed by atoms with E-state index in [4.69, 9.17) is 14.2 Å². The molecular weight excluding hydrogens is 474 g/mol. The van der Waals surface area contributed by atoms with Crippen molar-refractivity contribution in [2.45, 2.75) is 25.7 Å². The second-order valence-electron chi connectivity index (χ2n) is 8.65. The Kier molecular flexibility index (Phi) is 8.98. The zero-order chi connectivity index (χ0) is 26.0. The highest BCUT2D eigenvalue weighted by molar-refractivity contribution is 5.96. The number of nitrogens with zero attached hydrogens (tertiary/aromatic N) is 4. The SMILES string of the molecule is COc1ccc(OC)c(N(C(=O)O)c2ccnc(Nc3cccc(OCCCN4CCCCC4)c3)n2)c1. The van der Waals surface area contributed by atoms with Gasteiger partial charge >= 0.3 is 6.09 Å². The summed E-state index contributed by atoms with van der Waals surface area (Å²) in [6.07, 6.45) is 5.15. The Balaban J connectivity index is 1.44. The molecule has 10 heteroatoms. The Morgan fingerprint density at radius 3 is 2.65 bits per heavy atom.